The summed E-state index contributed by atoms with van der Waals surface area (Å²) >= 11 is 0. The lowest BCUT2D eigenvalue weighted by Crippen LogP contribution is -2.32. The highest BCUT2D eigenvalue weighted by Crippen LogP contribution is 2.20. The van der Waals surface area contributed by atoms with Crippen molar-refractivity contribution in [2.75, 3.05) is 19.6 Å². The minimum Gasteiger partial charge on any atom is -0.333 e. The van der Waals surface area contributed by atoms with Crippen molar-refractivity contribution in [3.05, 3.63) is 46.8 Å². The highest BCUT2D eigenvalue weighted by atomic mass is 19.2. The van der Waals surface area contributed by atoms with Gasteiger partial charge in [0, 0.05) is 25.2 Å². The van der Waals surface area contributed by atoms with E-state index in [1.165, 1.54) is 25.3 Å². The maximum absolute atomic E-state index is 13.5. The molecule has 1 amide bonds. The molecule has 2 aliphatic rings. The van der Waals surface area contributed by atoms with Crippen molar-refractivity contribution in [1.29, 1.82) is 0 Å². The fourth-order valence-corrected chi connectivity index (χ4v) is 3.83. The van der Waals surface area contributed by atoms with Crippen LogP contribution in [0.15, 0.2) is 18.2 Å². The van der Waals surface area contributed by atoms with Crippen LogP contribution in [0.25, 0.3) is 0 Å². The number of amides is 1. The summed E-state index contributed by atoms with van der Waals surface area (Å²) in [6.07, 6.45) is 4.41. The van der Waals surface area contributed by atoms with Gasteiger partial charge in [-0.2, -0.15) is 0 Å². The van der Waals surface area contributed by atoms with E-state index in [4.69, 9.17) is 0 Å². The first-order valence-electron chi connectivity index (χ1n) is 9.50. The Labute approximate surface area is 156 Å². The summed E-state index contributed by atoms with van der Waals surface area (Å²) in [7, 11) is 0. The Morgan fingerprint density at radius 2 is 1.81 bits per heavy atom. The lowest BCUT2D eigenvalue weighted by molar-refractivity contribution is 0.0744. The van der Waals surface area contributed by atoms with Crippen LogP contribution in [0.5, 0.6) is 0 Å². The summed E-state index contributed by atoms with van der Waals surface area (Å²) in [5, 5.41) is 8.62. The molecule has 6 nitrogen and oxygen atoms in total. The van der Waals surface area contributed by atoms with E-state index >= 15 is 0 Å². The van der Waals surface area contributed by atoms with Gasteiger partial charge >= 0.3 is 0 Å². The number of hydrogen-bond acceptors (Lipinski definition) is 4. The van der Waals surface area contributed by atoms with Crippen LogP contribution in [-0.4, -0.2) is 50.3 Å². The second-order valence-electron chi connectivity index (χ2n) is 7.25. The maximum Gasteiger partial charge on any atom is 0.254 e. The molecule has 0 aliphatic carbocycles. The van der Waals surface area contributed by atoms with Crippen molar-refractivity contribution in [3.8, 4) is 0 Å². The lowest BCUT2D eigenvalue weighted by atomic mass is 10.1. The van der Waals surface area contributed by atoms with E-state index in [9.17, 15) is 13.6 Å². The third kappa shape index (κ3) is 3.85. The third-order valence-corrected chi connectivity index (χ3v) is 5.33. The molecule has 2 aromatic rings. The van der Waals surface area contributed by atoms with E-state index in [0.29, 0.717) is 19.6 Å². The van der Waals surface area contributed by atoms with Crippen molar-refractivity contribution < 1.29 is 13.6 Å². The van der Waals surface area contributed by atoms with Gasteiger partial charge in [-0.05, 0) is 50.6 Å². The Morgan fingerprint density at radius 3 is 2.59 bits per heavy atom. The summed E-state index contributed by atoms with van der Waals surface area (Å²) in [6, 6.07) is 3.29. The maximum atomic E-state index is 13.5. The van der Waals surface area contributed by atoms with Crippen molar-refractivity contribution in [1.82, 2.24) is 24.8 Å². The average molecular weight is 375 g/mol. The summed E-state index contributed by atoms with van der Waals surface area (Å²) in [6.45, 7) is 4.48. The van der Waals surface area contributed by atoms with Crippen LogP contribution < -0.4 is 0 Å². The summed E-state index contributed by atoms with van der Waals surface area (Å²) < 4.78 is 28.6. The van der Waals surface area contributed by atoms with E-state index in [1.807, 2.05) is 4.68 Å². The van der Waals surface area contributed by atoms with Gasteiger partial charge in [0.15, 0.2) is 11.6 Å². The molecule has 0 saturated carbocycles. The number of aromatic nitrogens is 3. The molecule has 27 heavy (non-hydrogen) atoms. The van der Waals surface area contributed by atoms with Crippen molar-refractivity contribution in [2.45, 2.75) is 45.3 Å². The number of aryl methyl sites for hydroxylation is 1. The zero-order valence-corrected chi connectivity index (χ0v) is 15.2. The quantitative estimate of drug-likeness (QED) is 0.828. The van der Waals surface area contributed by atoms with Crippen LogP contribution in [0, 0.1) is 11.6 Å². The first-order chi connectivity index (χ1) is 13.1. The van der Waals surface area contributed by atoms with E-state index in [0.717, 1.165) is 49.6 Å². The zero-order chi connectivity index (χ0) is 18.8. The fourth-order valence-electron chi connectivity index (χ4n) is 3.83. The average Bonchev–Trinajstić information content (AvgIpc) is 2.92. The van der Waals surface area contributed by atoms with Crippen LogP contribution in [0.1, 0.15) is 47.4 Å². The summed E-state index contributed by atoms with van der Waals surface area (Å²) in [5.41, 5.74) is 2.00. The molecule has 2 aliphatic heterocycles. The highest BCUT2D eigenvalue weighted by molar-refractivity contribution is 5.94. The molecular weight excluding hydrogens is 352 g/mol. The molecule has 1 aromatic heterocycles. The zero-order valence-electron chi connectivity index (χ0n) is 15.2. The predicted octanol–water partition coefficient (Wildman–Crippen LogP) is 2.59. The van der Waals surface area contributed by atoms with Gasteiger partial charge in [-0.25, -0.2) is 13.5 Å². The van der Waals surface area contributed by atoms with Gasteiger partial charge < -0.3 is 4.90 Å². The normalized spacial score (nSPS) is 18.2. The number of carbonyl (C=O) groups is 1. The monoisotopic (exact) mass is 375 g/mol. The SMILES string of the molecule is O=C(c1ccc(F)c(F)c1)N1CCCn2nnc(CN3CCCCC3)c2C1. The van der Waals surface area contributed by atoms with Crippen LogP contribution in [0.2, 0.25) is 0 Å². The van der Waals surface area contributed by atoms with E-state index in [2.05, 4.69) is 15.2 Å². The standard InChI is InChI=1S/C19H23F2N5O/c20-15-6-5-14(11-16(15)21)19(27)25-9-4-10-26-18(13-25)17(22-23-26)12-24-7-2-1-3-8-24/h5-6,11H,1-4,7-10,12-13H2. The van der Waals surface area contributed by atoms with Crippen molar-refractivity contribution in [2.24, 2.45) is 0 Å². The molecule has 0 spiro atoms. The van der Waals surface area contributed by atoms with Gasteiger partial charge in [0.25, 0.3) is 5.91 Å². The molecule has 1 fully saturated rings. The summed E-state index contributed by atoms with van der Waals surface area (Å²) in [4.78, 5) is 16.9. The molecule has 0 N–H and O–H groups in total. The smallest absolute Gasteiger partial charge is 0.254 e. The van der Waals surface area contributed by atoms with E-state index in [1.54, 1.807) is 4.90 Å². The molecule has 8 heteroatoms. The molecule has 0 atom stereocenters. The van der Waals surface area contributed by atoms with Gasteiger partial charge in [0.2, 0.25) is 0 Å². The number of likely N-dealkylation sites (tertiary alicyclic amines) is 1. The van der Waals surface area contributed by atoms with E-state index in [-0.39, 0.29) is 11.5 Å². The van der Waals surface area contributed by atoms with Crippen LogP contribution in [0.4, 0.5) is 8.78 Å². The number of hydrogen-bond donors (Lipinski definition) is 0. The van der Waals surface area contributed by atoms with Crippen molar-refractivity contribution in [3.63, 3.8) is 0 Å². The Bertz CT molecular complexity index is 832. The lowest BCUT2D eigenvalue weighted by Gasteiger charge is -2.26. The second-order valence-corrected chi connectivity index (χ2v) is 7.25. The van der Waals surface area contributed by atoms with Gasteiger partial charge in [0.05, 0.1) is 12.2 Å². The topological polar surface area (TPSA) is 54.3 Å². The third-order valence-electron chi connectivity index (χ3n) is 5.33. The molecule has 1 saturated heterocycles. The Balaban J connectivity index is 1.53. The van der Waals surface area contributed by atoms with Crippen LogP contribution in [0.3, 0.4) is 0 Å². The first-order valence-corrected chi connectivity index (χ1v) is 9.50. The van der Waals surface area contributed by atoms with Crippen LogP contribution in [-0.2, 0) is 19.6 Å². The number of rotatable bonds is 3. The Morgan fingerprint density at radius 1 is 1.00 bits per heavy atom. The largest absolute Gasteiger partial charge is 0.333 e. The fraction of sp³-hybridized carbons (Fsp3) is 0.526. The molecule has 144 valence electrons. The first kappa shape index (κ1) is 18.0. The van der Waals surface area contributed by atoms with Crippen molar-refractivity contribution >= 4 is 5.91 Å². The Hall–Kier alpha value is -2.35. The molecule has 1 aromatic carbocycles. The van der Waals surface area contributed by atoms with Gasteiger partial charge in [-0.15, -0.1) is 5.10 Å². The highest BCUT2D eigenvalue weighted by Gasteiger charge is 2.25. The number of fused-ring (bicyclic) bond motifs is 1. The number of piperidine rings is 1. The molecule has 0 radical (unpaired) electrons. The molecule has 3 heterocycles. The minimum atomic E-state index is -1.01. The molecular formula is C19H23F2N5O. The number of halogens is 2. The summed E-state index contributed by atoms with van der Waals surface area (Å²) in [5.74, 6) is -2.26. The Kier molecular flexibility index (Phi) is 5.15. The van der Waals surface area contributed by atoms with Gasteiger partial charge in [-0.1, -0.05) is 11.6 Å². The second kappa shape index (κ2) is 7.72. The molecule has 0 unspecified atom stereocenters. The van der Waals surface area contributed by atoms with Crippen LogP contribution >= 0.6 is 0 Å². The minimum absolute atomic E-state index is 0.160. The number of carbonyl (C=O) groups excluding carboxylic acids is 1. The number of nitrogens with zero attached hydrogens (tertiary/aromatic N) is 5. The van der Waals surface area contributed by atoms with Gasteiger partial charge in [0.1, 0.15) is 5.69 Å². The predicted molar refractivity (Wildman–Crippen MR) is 94.9 cm³/mol. The van der Waals surface area contributed by atoms with Gasteiger partial charge in [-0.3, -0.25) is 9.69 Å². The molecule has 4 rings (SSSR count). The molecule has 0 bridgehead atoms. The number of benzene rings is 1. The van der Waals surface area contributed by atoms with E-state index < -0.39 is 11.6 Å².